The normalized spacial score (nSPS) is 27.0. The van der Waals surface area contributed by atoms with Crippen molar-refractivity contribution >= 4 is 0 Å². The molecule has 0 spiro atoms. The summed E-state index contributed by atoms with van der Waals surface area (Å²) in [4.78, 5) is 4.57. The summed E-state index contributed by atoms with van der Waals surface area (Å²) in [5.74, 6) is 2.87. The maximum Gasteiger partial charge on any atom is 0.227 e. The zero-order valence-electron chi connectivity index (χ0n) is 12.8. The van der Waals surface area contributed by atoms with Gasteiger partial charge in [-0.05, 0) is 43.7 Å². The van der Waals surface area contributed by atoms with Gasteiger partial charge in [-0.15, -0.1) is 0 Å². The van der Waals surface area contributed by atoms with Gasteiger partial charge in [0.25, 0.3) is 0 Å². The van der Waals surface area contributed by atoms with Gasteiger partial charge in [0.1, 0.15) is 5.75 Å². The molecule has 4 rings (SSSR count). The molecule has 5 nitrogen and oxygen atoms in total. The van der Waals surface area contributed by atoms with Gasteiger partial charge < -0.3 is 14.6 Å². The molecular weight excluding hydrogens is 278 g/mol. The van der Waals surface area contributed by atoms with Gasteiger partial charge in [0, 0.05) is 24.1 Å². The topological polar surface area (TPSA) is 60.2 Å². The first-order valence-electron chi connectivity index (χ1n) is 8.03. The molecule has 2 aromatic rings. The molecule has 0 saturated carbocycles. The number of nitrogens with one attached hydrogen (secondary N) is 1. The lowest BCUT2D eigenvalue weighted by atomic mass is 9.90. The third-order valence-corrected chi connectivity index (χ3v) is 4.83. The lowest BCUT2D eigenvalue weighted by Crippen LogP contribution is -2.38. The molecule has 0 amide bonds. The molecule has 0 radical (unpaired) electrons. The summed E-state index contributed by atoms with van der Waals surface area (Å²) in [6.45, 7) is 0. The zero-order chi connectivity index (χ0) is 14.9. The number of ether oxygens (including phenoxy) is 1. The summed E-state index contributed by atoms with van der Waals surface area (Å²) in [6.07, 6.45) is 5.99. The molecule has 2 unspecified atom stereocenters. The molecule has 2 aliphatic rings. The first-order chi connectivity index (χ1) is 10.8. The predicted octanol–water partition coefficient (Wildman–Crippen LogP) is 2.82. The van der Waals surface area contributed by atoms with Crippen molar-refractivity contribution in [3.05, 3.63) is 30.2 Å². The molecule has 2 bridgehead atoms. The quantitative estimate of drug-likeness (QED) is 0.940. The molecule has 22 heavy (non-hydrogen) atoms. The fourth-order valence-corrected chi connectivity index (χ4v) is 3.81. The largest absolute Gasteiger partial charge is 0.497 e. The van der Waals surface area contributed by atoms with E-state index in [1.807, 2.05) is 24.3 Å². The summed E-state index contributed by atoms with van der Waals surface area (Å²) in [6, 6.07) is 9.15. The number of hydrogen-bond acceptors (Lipinski definition) is 5. The van der Waals surface area contributed by atoms with E-state index in [-0.39, 0.29) is 0 Å². The number of benzene rings is 1. The number of rotatable bonds is 4. The van der Waals surface area contributed by atoms with Crippen molar-refractivity contribution in [2.24, 2.45) is 5.92 Å². The first-order valence-corrected chi connectivity index (χ1v) is 8.03. The SMILES string of the molecule is COc1cccc(-c2noc(CC3CC4CCC(C3)N4)n2)c1. The molecule has 2 atom stereocenters. The lowest BCUT2D eigenvalue weighted by molar-refractivity contribution is 0.270. The number of fused-ring (bicyclic) bond motifs is 2. The fraction of sp³-hybridized carbons (Fsp3) is 0.529. The molecule has 0 aliphatic carbocycles. The molecule has 2 fully saturated rings. The monoisotopic (exact) mass is 299 g/mol. The summed E-state index contributed by atoms with van der Waals surface area (Å²) >= 11 is 0. The molecule has 2 saturated heterocycles. The highest BCUT2D eigenvalue weighted by Crippen LogP contribution is 2.33. The van der Waals surface area contributed by atoms with Crippen molar-refractivity contribution in [2.45, 2.75) is 44.2 Å². The Morgan fingerprint density at radius 1 is 1.27 bits per heavy atom. The second-order valence-corrected chi connectivity index (χ2v) is 6.42. The van der Waals surface area contributed by atoms with Gasteiger partial charge in [-0.1, -0.05) is 17.3 Å². The van der Waals surface area contributed by atoms with Crippen LogP contribution in [0, 0.1) is 5.92 Å². The Labute approximate surface area is 130 Å². The number of nitrogens with zero attached hydrogens (tertiary/aromatic N) is 2. The van der Waals surface area contributed by atoms with E-state index in [0.717, 1.165) is 23.6 Å². The maximum atomic E-state index is 5.46. The van der Waals surface area contributed by atoms with Crippen LogP contribution in [0.5, 0.6) is 5.75 Å². The van der Waals surface area contributed by atoms with Gasteiger partial charge in [-0.3, -0.25) is 0 Å². The van der Waals surface area contributed by atoms with Crippen molar-refractivity contribution < 1.29 is 9.26 Å². The second kappa shape index (κ2) is 5.72. The Hall–Kier alpha value is -1.88. The van der Waals surface area contributed by atoms with E-state index >= 15 is 0 Å². The van der Waals surface area contributed by atoms with E-state index in [0.29, 0.717) is 23.8 Å². The number of aromatic nitrogens is 2. The van der Waals surface area contributed by atoms with Gasteiger partial charge in [-0.25, -0.2) is 0 Å². The summed E-state index contributed by atoms with van der Waals surface area (Å²) in [5, 5.41) is 7.79. The van der Waals surface area contributed by atoms with Crippen LogP contribution in [-0.4, -0.2) is 29.3 Å². The zero-order valence-corrected chi connectivity index (χ0v) is 12.8. The summed E-state index contributed by atoms with van der Waals surface area (Å²) < 4.78 is 10.7. The molecular formula is C17H21N3O2. The van der Waals surface area contributed by atoms with Crippen molar-refractivity contribution in [2.75, 3.05) is 7.11 Å². The maximum absolute atomic E-state index is 5.46. The van der Waals surface area contributed by atoms with Crippen LogP contribution in [-0.2, 0) is 6.42 Å². The molecule has 2 aliphatic heterocycles. The first kappa shape index (κ1) is 13.8. The van der Waals surface area contributed by atoms with E-state index in [1.54, 1.807) is 7.11 Å². The van der Waals surface area contributed by atoms with Crippen molar-refractivity contribution in [1.29, 1.82) is 0 Å². The van der Waals surface area contributed by atoms with Crippen molar-refractivity contribution in [3.8, 4) is 17.1 Å². The minimum atomic E-state index is 0.644. The van der Waals surface area contributed by atoms with E-state index < -0.39 is 0 Å². The lowest BCUT2D eigenvalue weighted by Gasteiger charge is -2.27. The highest BCUT2D eigenvalue weighted by molar-refractivity contribution is 5.56. The average molecular weight is 299 g/mol. The standard InChI is InChI=1S/C17H21N3O2/c1-21-15-4-2-3-12(10-15)17-19-16(22-20-17)9-11-7-13-5-6-14(8-11)18-13/h2-4,10-11,13-14,18H,5-9H2,1H3. The molecule has 3 heterocycles. The van der Waals surface area contributed by atoms with Crippen LogP contribution in [0.3, 0.4) is 0 Å². The predicted molar refractivity (Wildman–Crippen MR) is 82.7 cm³/mol. The highest BCUT2D eigenvalue weighted by atomic mass is 16.5. The van der Waals surface area contributed by atoms with Crippen LogP contribution >= 0.6 is 0 Å². The van der Waals surface area contributed by atoms with Crippen LogP contribution < -0.4 is 10.1 Å². The number of methoxy groups -OCH3 is 1. The van der Waals surface area contributed by atoms with E-state index in [9.17, 15) is 0 Å². The van der Waals surface area contributed by atoms with Gasteiger partial charge in [0.2, 0.25) is 11.7 Å². The Bertz CT molecular complexity index is 643. The minimum Gasteiger partial charge on any atom is -0.497 e. The van der Waals surface area contributed by atoms with Crippen LogP contribution in [0.2, 0.25) is 0 Å². The fourth-order valence-electron chi connectivity index (χ4n) is 3.81. The van der Waals surface area contributed by atoms with Gasteiger partial charge >= 0.3 is 0 Å². The van der Waals surface area contributed by atoms with Crippen LogP contribution in [0.1, 0.15) is 31.6 Å². The average Bonchev–Trinajstić information content (AvgIpc) is 3.14. The molecule has 116 valence electrons. The molecule has 1 aromatic heterocycles. The Kier molecular flexibility index (Phi) is 3.58. The Morgan fingerprint density at radius 2 is 2.09 bits per heavy atom. The summed E-state index contributed by atoms with van der Waals surface area (Å²) in [5.41, 5.74) is 0.930. The number of piperidine rings is 1. The van der Waals surface area contributed by atoms with Gasteiger partial charge in [0.05, 0.1) is 7.11 Å². The van der Waals surface area contributed by atoms with Crippen LogP contribution in [0.4, 0.5) is 0 Å². The summed E-state index contributed by atoms with van der Waals surface area (Å²) in [7, 11) is 1.66. The van der Waals surface area contributed by atoms with Crippen LogP contribution in [0.15, 0.2) is 28.8 Å². The van der Waals surface area contributed by atoms with Crippen LogP contribution in [0.25, 0.3) is 11.4 Å². The van der Waals surface area contributed by atoms with E-state index in [4.69, 9.17) is 9.26 Å². The van der Waals surface area contributed by atoms with Crippen molar-refractivity contribution in [3.63, 3.8) is 0 Å². The van der Waals surface area contributed by atoms with Gasteiger partial charge in [0.15, 0.2) is 0 Å². The Balaban J connectivity index is 1.47. The minimum absolute atomic E-state index is 0.644. The molecule has 1 N–H and O–H groups in total. The Morgan fingerprint density at radius 3 is 2.86 bits per heavy atom. The highest BCUT2D eigenvalue weighted by Gasteiger charge is 2.34. The van der Waals surface area contributed by atoms with E-state index in [2.05, 4.69) is 15.5 Å². The second-order valence-electron chi connectivity index (χ2n) is 6.42. The molecule has 1 aromatic carbocycles. The third kappa shape index (κ3) is 2.73. The third-order valence-electron chi connectivity index (χ3n) is 4.83. The molecule has 5 heteroatoms. The van der Waals surface area contributed by atoms with Crippen molar-refractivity contribution in [1.82, 2.24) is 15.5 Å². The van der Waals surface area contributed by atoms with Gasteiger partial charge in [-0.2, -0.15) is 4.98 Å². The number of hydrogen-bond donors (Lipinski definition) is 1. The smallest absolute Gasteiger partial charge is 0.227 e. The van der Waals surface area contributed by atoms with E-state index in [1.165, 1.54) is 25.7 Å².